The van der Waals surface area contributed by atoms with Gasteiger partial charge in [0.15, 0.2) is 0 Å². The first-order chi connectivity index (χ1) is 10.9. The molecule has 0 saturated carbocycles. The minimum Gasteiger partial charge on any atom is -0.376 e. The molecule has 1 saturated heterocycles. The van der Waals surface area contributed by atoms with E-state index < -0.39 is 24.5 Å². The number of para-hydroxylation sites is 2. The van der Waals surface area contributed by atoms with Crippen molar-refractivity contribution in [1.29, 1.82) is 0 Å². The van der Waals surface area contributed by atoms with Crippen molar-refractivity contribution in [3.8, 4) is 0 Å². The molecule has 3 rings (SSSR count). The van der Waals surface area contributed by atoms with Gasteiger partial charge in [-0.25, -0.2) is 4.98 Å². The van der Waals surface area contributed by atoms with Crippen LogP contribution in [0.25, 0.3) is 11.0 Å². The van der Waals surface area contributed by atoms with E-state index in [0.717, 1.165) is 17.4 Å². The number of carbonyl (C=O) groups is 1. The highest BCUT2D eigenvalue weighted by Crippen LogP contribution is 2.31. The van der Waals surface area contributed by atoms with Crippen LogP contribution in [0.4, 0.5) is 13.2 Å². The van der Waals surface area contributed by atoms with Crippen LogP contribution in [0.1, 0.15) is 18.7 Å². The van der Waals surface area contributed by atoms with E-state index in [1.165, 1.54) is 12.1 Å². The number of alkyl halides is 3. The lowest BCUT2D eigenvalue weighted by Gasteiger charge is -2.13. The number of rotatable bonds is 4. The van der Waals surface area contributed by atoms with Gasteiger partial charge in [-0.1, -0.05) is 12.1 Å². The molecule has 8 heteroatoms. The molecule has 1 fully saturated rings. The van der Waals surface area contributed by atoms with E-state index in [2.05, 4.69) is 10.3 Å². The molecule has 0 aliphatic carbocycles. The molecule has 1 aliphatic rings. The Hall–Kier alpha value is -2.09. The van der Waals surface area contributed by atoms with Gasteiger partial charge in [-0.3, -0.25) is 4.79 Å². The topological polar surface area (TPSA) is 56.2 Å². The van der Waals surface area contributed by atoms with Crippen LogP contribution >= 0.6 is 0 Å². The van der Waals surface area contributed by atoms with Crippen LogP contribution in [-0.4, -0.2) is 34.7 Å². The van der Waals surface area contributed by atoms with E-state index in [1.54, 1.807) is 12.1 Å². The lowest BCUT2D eigenvalue weighted by atomic mass is 10.2. The Morgan fingerprint density at radius 2 is 2.17 bits per heavy atom. The molecule has 1 aromatic carbocycles. The highest BCUT2D eigenvalue weighted by atomic mass is 19.4. The summed E-state index contributed by atoms with van der Waals surface area (Å²) in [5.74, 6) is -1.56. The summed E-state index contributed by atoms with van der Waals surface area (Å²) in [6, 6.07) is 6.23. The van der Waals surface area contributed by atoms with E-state index in [-0.39, 0.29) is 17.1 Å². The van der Waals surface area contributed by atoms with Gasteiger partial charge in [-0.05, 0) is 25.0 Å². The van der Waals surface area contributed by atoms with E-state index >= 15 is 0 Å². The first-order valence-electron chi connectivity index (χ1n) is 7.36. The molecule has 1 atom stereocenters. The molecular formula is C15H16F3N3O2. The molecule has 2 heterocycles. The molecular weight excluding hydrogens is 311 g/mol. The summed E-state index contributed by atoms with van der Waals surface area (Å²) in [4.78, 5) is 15.6. The average molecular weight is 327 g/mol. The minimum absolute atomic E-state index is 0.0550. The van der Waals surface area contributed by atoms with Gasteiger partial charge in [0, 0.05) is 13.2 Å². The Morgan fingerprint density at radius 3 is 2.87 bits per heavy atom. The Morgan fingerprint density at radius 1 is 1.39 bits per heavy atom. The number of hydrogen-bond donors (Lipinski definition) is 1. The van der Waals surface area contributed by atoms with Crippen LogP contribution in [0.15, 0.2) is 24.3 Å². The van der Waals surface area contributed by atoms with E-state index in [9.17, 15) is 18.0 Å². The number of nitrogens with zero attached hydrogens (tertiary/aromatic N) is 2. The normalized spacial score (nSPS) is 18.5. The number of imidazole rings is 1. The minimum atomic E-state index is -4.62. The number of ether oxygens (including phenoxy) is 1. The SMILES string of the molecule is O=C(Cn1c(C(F)(F)F)nc2ccccc21)NC[C@@H]1CCCO1. The highest BCUT2D eigenvalue weighted by molar-refractivity contribution is 5.81. The molecule has 1 amide bonds. The van der Waals surface area contributed by atoms with Gasteiger partial charge in [-0.2, -0.15) is 13.2 Å². The predicted octanol–water partition coefficient (Wildman–Crippen LogP) is 2.35. The van der Waals surface area contributed by atoms with E-state index in [4.69, 9.17) is 4.74 Å². The summed E-state index contributed by atoms with van der Waals surface area (Å²) in [5.41, 5.74) is 0.499. The van der Waals surface area contributed by atoms with Crippen LogP contribution < -0.4 is 5.32 Å². The third kappa shape index (κ3) is 3.47. The van der Waals surface area contributed by atoms with Crippen molar-refractivity contribution in [3.63, 3.8) is 0 Å². The molecule has 2 aromatic rings. The first kappa shape index (κ1) is 15.8. The summed E-state index contributed by atoms with van der Waals surface area (Å²) >= 11 is 0. The van der Waals surface area contributed by atoms with Gasteiger partial charge in [-0.15, -0.1) is 0 Å². The maximum atomic E-state index is 13.1. The molecule has 1 aliphatic heterocycles. The van der Waals surface area contributed by atoms with Crippen molar-refractivity contribution < 1.29 is 22.7 Å². The molecule has 0 bridgehead atoms. The van der Waals surface area contributed by atoms with Crippen molar-refractivity contribution in [3.05, 3.63) is 30.1 Å². The van der Waals surface area contributed by atoms with Crippen LogP contribution in [0.5, 0.6) is 0 Å². The molecule has 5 nitrogen and oxygen atoms in total. The third-order valence-electron chi connectivity index (χ3n) is 3.76. The fourth-order valence-electron chi connectivity index (χ4n) is 2.68. The number of carbonyl (C=O) groups excluding carboxylic acids is 1. The zero-order chi connectivity index (χ0) is 16.4. The quantitative estimate of drug-likeness (QED) is 0.938. The van der Waals surface area contributed by atoms with Gasteiger partial charge in [0.25, 0.3) is 0 Å². The fourth-order valence-corrected chi connectivity index (χ4v) is 2.68. The molecule has 23 heavy (non-hydrogen) atoms. The molecule has 0 spiro atoms. The maximum absolute atomic E-state index is 13.1. The van der Waals surface area contributed by atoms with Crippen molar-refractivity contribution in [2.45, 2.75) is 31.7 Å². The van der Waals surface area contributed by atoms with Crippen LogP contribution in [0.2, 0.25) is 0 Å². The second-order valence-electron chi connectivity index (χ2n) is 5.45. The summed E-state index contributed by atoms with van der Waals surface area (Å²) in [6.45, 7) is 0.541. The summed E-state index contributed by atoms with van der Waals surface area (Å²) in [7, 11) is 0. The van der Waals surface area contributed by atoms with Crippen LogP contribution in [-0.2, 0) is 22.3 Å². The second kappa shape index (κ2) is 6.19. The van der Waals surface area contributed by atoms with E-state index in [0.29, 0.717) is 13.2 Å². The number of benzene rings is 1. The summed E-state index contributed by atoms with van der Waals surface area (Å²) < 4.78 is 45.7. The smallest absolute Gasteiger partial charge is 0.376 e. The third-order valence-corrected chi connectivity index (χ3v) is 3.76. The number of halogens is 3. The predicted molar refractivity (Wildman–Crippen MR) is 76.7 cm³/mol. The molecule has 1 N–H and O–H groups in total. The van der Waals surface area contributed by atoms with Crippen LogP contribution in [0, 0.1) is 0 Å². The average Bonchev–Trinajstić information content (AvgIpc) is 3.13. The second-order valence-corrected chi connectivity index (χ2v) is 5.45. The largest absolute Gasteiger partial charge is 0.449 e. The Kier molecular flexibility index (Phi) is 4.25. The Bertz CT molecular complexity index is 706. The van der Waals surface area contributed by atoms with Gasteiger partial charge < -0.3 is 14.6 Å². The molecule has 0 radical (unpaired) electrons. The monoisotopic (exact) mass is 327 g/mol. The highest BCUT2D eigenvalue weighted by Gasteiger charge is 2.38. The van der Waals surface area contributed by atoms with Crippen molar-refractivity contribution in [2.24, 2.45) is 0 Å². The lowest BCUT2D eigenvalue weighted by molar-refractivity contribution is -0.147. The van der Waals surface area contributed by atoms with Gasteiger partial charge in [0.2, 0.25) is 11.7 Å². The van der Waals surface area contributed by atoms with E-state index in [1.807, 2.05) is 0 Å². The number of aromatic nitrogens is 2. The summed E-state index contributed by atoms with van der Waals surface area (Å²) in [5, 5.41) is 2.63. The Balaban J connectivity index is 1.79. The Labute approximate surface area is 130 Å². The standard InChI is InChI=1S/C15H16F3N3O2/c16-15(17,18)14-20-11-5-1-2-6-12(11)21(14)9-13(22)19-8-10-4-3-7-23-10/h1-2,5-6,10H,3-4,7-9H2,(H,19,22)/t10-/m0/s1. The molecule has 0 unspecified atom stereocenters. The summed E-state index contributed by atoms with van der Waals surface area (Å²) in [6.07, 6.45) is -2.89. The molecule has 124 valence electrons. The number of hydrogen-bond acceptors (Lipinski definition) is 3. The zero-order valence-corrected chi connectivity index (χ0v) is 12.3. The van der Waals surface area contributed by atoms with Gasteiger partial charge >= 0.3 is 6.18 Å². The van der Waals surface area contributed by atoms with Crippen molar-refractivity contribution >= 4 is 16.9 Å². The number of amides is 1. The fraction of sp³-hybridized carbons (Fsp3) is 0.467. The molecule has 1 aromatic heterocycles. The van der Waals surface area contributed by atoms with Crippen LogP contribution in [0.3, 0.4) is 0 Å². The first-order valence-corrected chi connectivity index (χ1v) is 7.36. The van der Waals surface area contributed by atoms with Crippen molar-refractivity contribution in [2.75, 3.05) is 13.2 Å². The zero-order valence-electron chi connectivity index (χ0n) is 12.3. The lowest BCUT2D eigenvalue weighted by Crippen LogP contribution is -2.34. The maximum Gasteiger partial charge on any atom is 0.449 e. The van der Waals surface area contributed by atoms with Gasteiger partial charge in [0.1, 0.15) is 6.54 Å². The van der Waals surface area contributed by atoms with Crippen molar-refractivity contribution in [1.82, 2.24) is 14.9 Å². The number of fused-ring (bicyclic) bond motifs is 1. The van der Waals surface area contributed by atoms with Gasteiger partial charge in [0.05, 0.1) is 17.1 Å². The number of nitrogens with one attached hydrogen (secondary N) is 1.